The van der Waals surface area contributed by atoms with E-state index in [0.717, 1.165) is 0 Å². The zero-order valence-corrected chi connectivity index (χ0v) is 25.4. The standard InChI is InChI=1S/C29H53NO9/c1-11-21-29(8,36)26(34)18(6)22(31)14(2)12-15(3)25(17(5)23(32)19(7)27(35)38-21)39-28-24(33)20(30(9)10)13-16(4)37-28/h14-21,23-26,28,32-34,36H,11-13H2,1-10H3/t14-,15+,16-,17+,18+,19-,20+,21-,23+,24-,25+,26-,28+,29-/m1/s1. The average Bonchev–Trinajstić information content (AvgIpc) is 2.87. The summed E-state index contributed by atoms with van der Waals surface area (Å²) in [5.74, 6) is -4.22. The van der Waals surface area contributed by atoms with Crippen molar-refractivity contribution in [1.82, 2.24) is 4.90 Å². The van der Waals surface area contributed by atoms with E-state index in [1.165, 1.54) is 6.92 Å². The largest absolute Gasteiger partial charge is 0.459 e. The highest BCUT2D eigenvalue weighted by molar-refractivity contribution is 5.83. The highest BCUT2D eigenvalue weighted by atomic mass is 16.7. The lowest BCUT2D eigenvalue weighted by Gasteiger charge is -2.45. The molecular weight excluding hydrogens is 506 g/mol. The number of ether oxygens (including phenoxy) is 3. The second-order valence-corrected chi connectivity index (χ2v) is 12.6. The van der Waals surface area contributed by atoms with Gasteiger partial charge in [-0.3, -0.25) is 9.59 Å². The monoisotopic (exact) mass is 559 g/mol. The number of aliphatic hydroxyl groups is 4. The maximum Gasteiger partial charge on any atom is 0.311 e. The number of hydrogen-bond donors (Lipinski definition) is 4. The Balaban J connectivity index is 2.47. The number of carbonyl (C=O) groups excluding carboxylic acids is 2. The molecule has 2 aliphatic heterocycles. The van der Waals surface area contributed by atoms with E-state index in [4.69, 9.17) is 14.2 Å². The van der Waals surface area contributed by atoms with Gasteiger partial charge in [0.05, 0.1) is 30.3 Å². The van der Waals surface area contributed by atoms with Gasteiger partial charge in [0, 0.05) is 23.8 Å². The highest BCUT2D eigenvalue weighted by Gasteiger charge is 2.48. The molecule has 10 nitrogen and oxygen atoms in total. The maximum absolute atomic E-state index is 13.4. The number of carbonyl (C=O) groups is 2. The van der Waals surface area contributed by atoms with E-state index in [-0.39, 0.29) is 30.3 Å². The highest BCUT2D eigenvalue weighted by Crippen LogP contribution is 2.35. The Kier molecular flexibility index (Phi) is 11.9. The van der Waals surface area contributed by atoms with Crippen molar-refractivity contribution in [3.05, 3.63) is 0 Å². The molecule has 14 atom stereocenters. The molecule has 0 unspecified atom stereocenters. The second kappa shape index (κ2) is 13.7. The quantitative estimate of drug-likeness (QED) is 0.376. The summed E-state index contributed by atoms with van der Waals surface area (Å²) in [7, 11) is 3.77. The van der Waals surface area contributed by atoms with Gasteiger partial charge in [0.25, 0.3) is 0 Å². The number of Topliss-reactive ketones (excluding diaryl/α,β-unsaturated/α-hetero) is 1. The lowest BCUT2D eigenvalue weighted by atomic mass is 9.75. The van der Waals surface area contributed by atoms with Crippen LogP contribution in [-0.4, -0.2) is 106 Å². The van der Waals surface area contributed by atoms with Gasteiger partial charge in [-0.15, -0.1) is 0 Å². The van der Waals surface area contributed by atoms with Crippen molar-refractivity contribution >= 4 is 11.8 Å². The molecule has 0 radical (unpaired) electrons. The van der Waals surface area contributed by atoms with Crippen LogP contribution >= 0.6 is 0 Å². The predicted molar refractivity (Wildman–Crippen MR) is 146 cm³/mol. The second-order valence-electron chi connectivity index (χ2n) is 12.6. The van der Waals surface area contributed by atoms with Crippen molar-refractivity contribution in [3.63, 3.8) is 0 Å². The third kappa shape index (κ3) is 7.58. The van der Waals surface area contributed by atoms with Crippen LogP contribution in [0.4, 0.5) is 0 Å². The van der Waals surface area contributed by atoms with Gasteiger partial charge in [0.1, 0.15) is 23.6 Å². The smallest absolute Gasteiger partial charge is 0.311 e. The minimum absolute atomic E-state index is 0.171. The van der Waals surface area contributed by atoms with Gasteiger partial charge in [-0.1, -0.05) is 34.6 Å². The molecule has 39 heavy (non-hydrogen) atoms. The number of ketones is 1. The van der Waals surface area contributed by atoms with Crippen LogP contribution in [0.5, 0.6) is 0 Å². The maximum atomic E-state index is 13.4. The normalized spacial score (nSPS) is 47.5. The summed E-state index contributed by atoms with van der Waals surface area (Å²) >= 11 is 0. The summed E-state index contributed by atoms with van der Waals surface area (Å²) in [6, 6.07) is -0.191. The Labute approximate surface area is 234 Å². The predicted octanol–water partition coefficient (Wildman–Crippen LogP) is 1.75. The first-order valence-corrected chi connectivity index (χ1v) is 14.4. The number of likely N-dealkylation sites (N-methyl/N-ethyl adjacent to an activating group) is 1. The molecule has 0 aliphatic carbocycles. The molecule has 0 spiro atoms. The molecule has 2 aliphatic rings. The van der Waals surface area contributed by atoms with Crippen LogP contribution < -0.4 is 0 Å². The molecular formula is C29H53NO9. The summed E-state index contributed by atoms with van der Waals surface area (Å²) in [6.45, 7) is 13.6. The number of nitrogens with zero attached hydrogens (tertiary/aromatic N) is 1. The molecule has 0 aromatic heterocycles. The average molecular weight is 560 g/mol. The fourth-order valence-corrected chi connectivity index (χ4v) is 6.35. The Bertz CT molecular complexity index is 821. The number of hydrogen-bond acceptors (Lipinski definition) is 10. The third-order valence-corrected chi connectivity index (χ3v) is 9.08. The van der Waals surface area contributed by atoms with Gasteiger partial charge in [0.15, 0.2) is 6.29 Å². The topological polar surface area (TPSA) is 146 Å². The van der Waals surface area contributed by atoms with Crippen LogP contribution in [0.25, 0.3) is 0 Å². The molecule has 2 fully saturated rings. The van der Waals surface area contributed by atoms with Crippen LogP contribution in [0.3, 0.4) is 0 Å². The van der Waals surface area contributed by atoms with E-state index < -0.39 is 72.1 Å². The molecule has 4 N–H and O–H groups in total. The van der Waals surface area contributed by atoms with Crippen molar-refractivity contribution in [1.29, 1.82) is 0 Å². The fraction of sp³-hybridized carbons (Fsp3) is 0.931. The van der Waals surface area contributed by atoms with E-state index in [9.17, 15) is 30.0 Å². The summed E-state index contributed by atoms with van der Waals surface area (Å²) in [5, 5.41) is 44.6. The van der Waals surface area contributed by atoms with Gasteiger partial charge in [-0.05, 0) is 60.0 Å². The van der Waals surface area contributed by atoms with Crippen LogP contribution in [0, 0.1) is 29.6 Å². The van der Waals surface area contributed by atoms with Crippen molar-refractivity contribution in [3.8, 4) is 0 Å². The number of aliphatic hydroxyl groups excluding tert-OH is 3. The van der Waals surface area contributed by atoms with Gasteiger partial charge < -0.3 is 39.5 Å². The van der Waals surface area contributed by atoms with E-state index in [1.54, 1.807) is 34.6 Å². The van der Waals surface area contributed by atoms with Gasteiger partial charge in [-0.25, -0.2) is 0 Å². The zero-order chi connectivity index (χ0) is 30.0. The Morgan fingerprint density at radius 2 is 1.56 bits per heavy atom. The van der Waals surface area contributed by atoms with E-state index in [2.05, 4.69) is 0 Å². The van der Waals surface area contributed by atoms with Crippen LogP contribution in [0.15, 0.2) is 0 Å². The summed E-state index contributed by atoms with van der Waals surface area (Å²) in [4.78, 5) is 28.5. The summed E-state index contributed by atoms with van der Waals surface area (Å²) in [5.41, 5.74) is -1.87. The van der Waals surface area contributed by atoms with Gasteiger partial charge in [0.2, 0.25) is 0 Å². The molecule has 2 saturated heterocycles. The first-order chi connectivity index (χ1) is 17.9. The Morgan fingerprint density at radius 1 is 0.974 bits per heavy atom. The molecule has 2 heterocycles. The van der Waals surface area contributed by atoms with Crippen molar-refractivity contribution < 1.29 is 44.2 Å². The third-order valence-electron chi connectivity index (χ3n) is 9.08. The van der Waals surface area contributed by atoms with Gasteiger partial charge in [-0.2, -0.15) is 0 Å². The number of cyclic esters (lactones) is 1. The van der Waals surface area contributed by atoms with Crippen LogP contribution in [0.2, 0.25) is 0 Å². The van der Waals surface area contributed by atoms with E-state index in [1.807, 2.05) is 32.8 Å². The van der Waals surface area contributed by atoms with Crippen LogP contribution in [0.1, 0.15) is 74.7 Å². The van der Waals surface area contributed by atoms with E-state index >= 15 is 0 Å². The first kappa shape index (κ1) is 34.1. The number of esters is 1. The minimum Gasteiger partial charge on any atom is -0.459 e. The molecule has 10 heteroatoms. The fourth-order valence-electron chi connectivity index (χ4n) is 6.35. The van der Waals surface area contributed by atoms with E-state index in [0.29, 0.717) is 12.8 Å². The lowest BCUT2D eigenvalue weighted by molar-refractivity contribution is -0.283. The van der Waals surface area contributed by atoms with Gasteiger partial charge >= 0.3 is 5.97 Å². The molecule has 0 saturated carbocycles. The molecule has 228 valence electrons. The van der Waals surface area contributed by atoms with Crippen molar-refractivity contribution in [2.24, 2.45) is 29.6 Å². The molecule has 0 bridgehead atoms. The lowest BCUT2D eigenvalue weighted by Crippen LogP contribution is -2.57. The Morgan fingerprint density at radius 3 is 2.10 bits per heavy atom. The van der Waals surface area contributed by atoms with Crippen molar-refractivity contribution in [2.75, 3.05) is 14.1 Å². The Hall–Kier alpha value is -1.14. The summed E-state index contributed by atoms with van der Waals surface area (Å²) < 4.78 is 18.1. The number of rotatable bonds is 4. The zero-order valence-electron chi connectivity index (χ0n) is 25.4. The SMILES string of the molecule is CC[C@H]1OC(=O)[C@H](C)[C@@H](O)[C@H](C)[C@@H](O[C@@H]2O[C@H](C)C[C@H](N(C)C)[C@H]2O)[C@@H](C)C[C@@H](C)C(=O)[C@H](C)[C@@H](O)[C@]1(C)O. The van der Waals surface area contributed by atoms with Crippen LogP contribution in [-0.2, 0) is 23.8 Å². The van der Waals surface area contributed by atoms with Crippen molar-refractivity contribution in [2.45, 2.75) is 129 Å². The first-order valence-electron chi connectivity index (χ1n) is 14.4. The minimum atomic E-state index is -1.87. The molecule has 2 rings (SSSR count). The molecule has 0 aromatic rings. The summed E-state index contributed by atoms with van der Waals surface area (Å²) in [6.07, 6.45) is -5.29. The molecule has 0 amide bonds. The molecule has 0 aromatic carbocycles.